The molecule has 4 N–H and O–H groups in total. The zero-order chi connectivity index (χ0) is 17.2. The van der Waals surface area contributed by atoms with Crippen LogP contribution in [0.5, 0.6) is 5.75 Å². The minimum absolute atomic E-state index is 0.0147. The summed E-state index contributed by atoms with van der Waals surface area (Å²) in [5, 5.41) is 22.7. The Bertz CT molecular complexity index is 508. The van der Waals surface area contributed by atoms with Crippen LogP contribution in [0.3, 0.4) is 0 Å². The molecule has 1 aliphatic rings. The Hall–Kier alpha value is -1.74. The van der Waals surface area contributed by atoms with E-state index in [1.54, 1.807) is 17.0 Å². The summed E-state index contributed by atoms with van der Waals surface area (Å²) in [6.07, 6.45) is 0.508. The summed E-state index contributed by atoms with van der Waals surface area (Å²) in [4.78, 5) is 11.8. The second-order valence-corrected chi connectivity index (χ2v) is 6.00. The summed E-state index contributed by atoms with van der Waals surface area (Å²) < 4.78 is 10.7. The number of ether oxygens (including phenoxy) is 2. The second kappa shape index (κ2) is 10.2. The molecule has 8 heteroatoms. The Kier molecular flexibility index (Phi) is 7.90. The first-order valence-corrected chi connectivity index (χ1v) is 8.43. The van der Waals surface area contributed by atoms with Gasteiger partial charge in [0.15, 0.2) is 0 Å². The van der Waals surface area contributed by atoms with Crippen LogP contribution in [0.15, 0.2) is 24.3 Å². The average molecular weight is 341 g/mol. The van der Waals surface area contributed by atoms with Crippen molar-refractivity contribution in [1.82, 2.24) is 0 Å². The first-order valence-electron chi connectivity index (χ1n) is 8.43. The molecule has 1 saturated heterocycles. The van der Waals surface area contributed by atoms with E-state index in [1.807, 2.05) is 0 Å². The number of nitro groups is 1. The summed E-state index contributed by atoms with van der Waals surface area (Å²) in [6.45, 7) is 6.68. The molecule has 1 fully saturated rings. The Morgan fingerprint density at radius 3 is 2.96 bits per heavy atom. The van der Waals surface area contributed by atoms with Crippen molar-refractivity contribution in [3.63, 3.8) is 0 Å². The summed E-state index contributed by atoms with van der Waals surface area (Å²) >= 11 is 0. The molecular formula is C16H27N3O5+2. The topological polar surface area (TPSA) is 103 Å². The molecule has 1 aromatic rings. The van der Waals surface area contributed by atoms with E-state index in [0.717, 1.165) is 45.8 Å². The summed E-state index contributed by atoms with van der Waals surface area (Å²) in [7, 11) is 0. The maximum Gasteiger partial charge on any atom is 0.273 e. The van der Waals surface area contributed by atoms with Gasteiger partial charge in [0.1, 0.15) is 38.1 Å². The third-order valence-electron chi connectivity index (χ3n) is 4.05. The predicted molar refractivity (Wildman–Crippen MR) is 87.3 cm³/mol. The van der Waals surface area contributed by atoms with Crippen LogP contribution in [-0.4, -0.2) is 68.7 Å². The first-order chi connectivity index (χ1) is 11.6. The molecule has 0 radical (unpaired) electrons. The van der Waals surface area contributed by atoms with E-state index in [2.05, 4.69) is 5.32 Å². The van der Waals surface area contributed by atoms with Gasteiger partial charge in [-0.3, -0.25) is 10.1 Å². The zero-order valence-electron chi connectivity index (χ0n) is 13.9. The Morgan fingerprint density at radius 2 is 2.21 bits per heavy atom. The zero-order valence-corrected chi connectivity index (χ0v) is 13.9. The SMILES string of the molecule is O=[N+]([O-])c1cccc(OC[C@H](O)C[NH2+]CCC[NH+]2CCOCC2)c1. The van der Waals surface area contributed by atoms with Gasteiger partial charge in [0.25, 0.3) is 5.69 Å². The van der Waals surface area contributed by atoms with Crippen molar-refractivity contribution in [2.45, 2.75) is 12.5 Å². The number of quaternary nitrogens is 2. The first kappa shape index (κ1) is 18.6. The van der Waals surface area contributed by atoms with Crippen LogP contribution in [0, 0.1) is 10.1 Å². The lowest BCUT2D eigenvalue weighted by molar-refractivity contribution is -0.909. The highest BCUT2D eigenvalue weighted by atomic mass is 16.6. The lowest BCUT2D eigenvalue weighted by atomic mass is 10.3. The van der Waals surface area contributed by atoms with Gasteiger partial charge < -0.3 is 24.8 Å². The number of aliphatic hydroxyl groups excluding tert-OH is 1. The number of morpholine rings is 1. The van der Waals surface area contributed by atoms with E-state index < -0.39 is 11.0 Å². The molecule has 0 saturated carbocycles. The largest absolute Gasteiger partial charge is 0.490 e. The van der Waals surface area contributed by atoms with Gasteiger partial charge in [-0.15, -0.1) is 0 Å². The van der Waals surface area contributed by atoms with Gasteiger partial charge in [0.2, 0.25) is 0 Å². The summed E-state index contributed by atoms with van der Waals surface area (Å²) in [6, 6.07) is 5.99. The number of non-ortho nitro benzene ring substituents is 1. The standard InChI is InChI=1S/C16H25N3O5/c20-15(12-17-5-2-6-18-7-9-23-10-8-18)13-24-16-4-1-3-14(11-16)19(21)22/h1,3-4,11,15,17,20H,2,5-10,12-13H2/p+2/t15-/m1/s1. The Balaban J connectivity index is 1.55. The van der Waals surface area contributed by atoms with Crippen molar-refractivity contribution in [3.05, 3.63) is 34.4 Å². The maximum atomic E-state index is 10.7. The average Bonchev–Trinajstić information content (AvgIpc) is 2.61. The molecule has 134 valence electrons. The van der Waals surface area contributed by atoms with Crippen molar-refractivity contribution in [2.24, 2.45) is 0 Å². The minimum Gasteiger partial charge on any atom is -0.490 e. The number of benzene rings is 1. The van der Waals surface area contributed by atoms with Crippen LogP contribution in [0.4, 0.5) is 5.69 Å². The lowest BCUT2D eigenvalue weighted by Crippen LogP contribution is -3.14. The third-order valence-corrected chi connectivity index (χ3v) is 4.05. The fourth-order valence-corrected chi connectivity index (χ4v) is 2.66. The van der Waals surface area contributed by atoms with Gasteiger partial charge in [-0.25, -0.2) is 0 Å². The van der Waals surface area contributed by atoms with Gasteiger partial charge in [-0.1, -0.05) is 6.07 Å². The number of nitro benzene ring substituents is 1. The van der Waals surface area contributed by atoms with Gasteiger partial charge in [0.05, 0.1) is 37.3 Å². The van der Waals surface area contributed by atoms with E-state index in [1.165, 1.54) is 12.1 Å². The molecule has 0 aliphatic carbocycles. The minimum atomic E-state index is -0.597. The van der Waals surface area contributed by atoms with Crippen molar-refractivity contribution >= 4 is 5.69 Å². The molecule has 24 heavy (non-hydrogen) atoms. The fraction of sp³-hybridized carbons (Fsp3) is 0.625. The summed E-state index contributed by atoms with van der Waals surface area (Å²) in [5.74, 6) is 0.402. The molecule has 2 rings (SSSR count). The molecule has 0 unspecified atom stereocenters. The Morgan fingerprint density at radius 1 is 1.42 bits per heavy atom. The highest BCUT2D eigenvalue weighted by molar-refractivity contribution is 5.37. The molecule has 0 bridgehead atoms. The fourth-order valence-electron chi connectivity index (χ4n) is 2.66. The number of rotatable bonds is 10. The second-order valence-electron chi connectivity index (χ2n) is 6.00. The molecule has 0 amide bonds. The quantitative estimate of drug-likeness (QED) is 0.265. The van der Waals surface area contributed by atoms with E-state index in [-0.39, 0.29) is 12.3 Å². The van der Waals surface area contributed by atoms with E-state index >= 15 is 0 Å². The highest BCUT2D eigenvalue weighted by Gasteiger charge is 2.14. The van der Waals surface area contributed by atoms with Gasteiger partial charge in [0, 0.05) is 12.5 Å². The number of nitrogens with two attached hydrogens (primary N) is 1. The van der Waals surface area contributed by atoms with Crippen molar-refractivity contribution in [2.75, 3.05) is 52.5 Å². The molecule has 0 aromatic heterocycles. The third kappa shape index (κ3) is 6.79. The molecule has 0 spiro atoms. The van der Waals surface area contributed by atoms with Gasteiger partial charge in [-0.05, 0) is 6.07 Å². The van der Waals surface area contributed by atoms with Gasteiger partial charge >= 0.3 is 0 Å². The van der Waals surface area contributed by atoms with Crippen LogP contribution in [0.2, 0.25) is 0 Å². The molecule has 1 atom stereocenters. The van der Waals surface area contributed by atoms with E-state index in [0.29, 0.717) is 12.3 Å². The monoisotopic (exact) mass is 341 g/mol. The smallest absolute Gasteiger partial charge is 0.273 e. The van der Waals surface area contributed by atoms with Gasteiger partial charge in [-0.2, -0.15) is 0 Å². The van der Waals surface area contributed by atoms with Crippen LogP contribution in [0.1, 0.15) is 6.42 Å². The van der Waals surface area contributed by atoms with Crippen molar-refractivity contribution in [1.29, 1.82) is 0 Å². The number of hydrogen-bond donors (Lipinski definition) is 3. The van der Waals surface area contributed by atoms with Crippen LogP contribution >= 0.6 is 0 Å². The molecule has 1 aromatic carbocycles. The molecular weight excluding hydrogens is 314 g/mol. The summed E-state index contributed by atoms with van der Waals surface area (Å²) in [5.41, 5.74) is -0.0147. The molecule has 1 aliphatic heterocycles. The number of nitrogens with one attached hydrogen (secondary N) is 1. The van der Waals surface area contributed by atoms with Crippen molar-refractivity contribution < 1.29 is 29.7 Å². The predicted octanol–water partition coefficient (Wildman–Crippen LogP) is -1.80. The molecule has 1 heterocycles. The highest BCUT2D eigenvalue weighted by Crippen LogP contribution is 2.18. The van der Waals surface area contributed by atoms with Crippen molar-refractivity contribution in [3.8, 4) is 5.75 Å². The van der Waals surface area contributed by atoms with Crippen LogP contribution in [-0.2, 0) is 4.74 Å². The normalized spacial score (nSPS) is 16.7. The Labute approximate surface area is 141 Å². The number of aliphatic hydroxyl groups is 1. The van der Waals surface area contributed by atoms with Crippen LogP contribution < -0.4 is 15.0 Å². The lowest BCUT2D eigenvalue weighted by Gasteiger charge is -2.23. The number of nitrogens with zero attached hydrogens (tertiary/aromatic N) is 1. The molecule has 8 nitrogen and oxygen atoms in total. The van der Waals surface area contributed by atoms with E-state index in [9.17, 15) is 15.2 Å². The number of hydrogen-bond acceptors (Lipinski definition) is 5. The van der Waals surface area contributed by atoms with E-state index in [4.69, 9.17) is 9.47 Å². The van der Waals surface area contributed by atoms with Crippen LogP contribution in [0.25, 0.3) is 0 Å². The maximum absolute atomic E-state index is 10.7.